The summed E-state index contributed by atoms with van der Waals surface area (Å²) in [5, 5.41) is 10.9. The second-order valence-electron chi connectivity index (χ2n) is 4.13. The summed E-state index contributed by atoms with van der Waals surface area (Å²) in [4.78, 5) is 12.0. The maximum Gasteiger partial charge on any atom is 0.303 e. The maximum atomic E-state index is 10.7. The van der Waals surface area contributed by atoms with Crippen molar-refractivity contribution in [3.8, 4) is 0 Å². The number of carbonyl (C=O) groups is 1. The van der Waals surface area contributed by atoms with E-state index in [0.717, 1.165) is 0 Å². The van der Waals surface area contributed by atoms with Gasteiger partial charge in [0, 0.05) is 11.3 Å². The molecule has 1 saturated heterocycles. The lowest BCUT2D eigenvalue weighted by molar-refractivity contribution is -0.142. The molecular weight excluding hydrogens is 212 g/mol. The summed E-state index contributed by atoms with van der Waals surface area (Å²) in [5.41, 5.74) is -0.0491. The normalized spacial score (nSPS) is 20.6. The molecule has 1 aliphatic rings. The molecule has 3 nitrogen and oxygen atoms in total. The van der Waals surface area contributed by atoms with Crippen molar-refractivity contribution in [1.82, 2.24) is 0 Å². The van der Waals surface area contributed by atoms with Crippen molar-refractivity contribution >= 4 is 17.3 Å². The van der Waals surface area contributed by atoms with Crippen molar-refractivity contribution in [2.45, 2.75) is 18.8 Å². The highest BCUT2D eigenvalue weighted by Crippen LogP contribution is 2.42. The number of carboxylic acids is 1. The van der Waals surface area contributed by atoms with Gasteiger partial charge in [-0.2, -0.15) is 0 Å². The van der Waals surface area contributed by atoms with Crippen LogP contribution in [0, 0.1) is 5.92 Å². The molecule has 0 saturated carbocycles. The van der Waals surface area contributed by atoms with Gasteiger partial charge in [0.1, 0.15) is 0 Å². The average molecular weight is 226 g/mol. The summed E-state index contributed by atoms with van der Waals surface area (Å²) >= 11 is 1.69. The first-order chi connectivity index (χ1) is 7.15. The Morgan fingerprint density at radius 3 is 2.87 bits per heavy atom. The number of carboxylic acid groups (broad SMARTS) is 1. The van der Waals surface area contributed by atoms with Crippen LogP contribution in [0.2, 0.25) is 0 Å². The third-order valence-electron chi connectivity index (χ3n) is 3.16. The Kier molecular flexibility index (Phi) is 2.80. The van der Waals surface area contributed by atoms with E-state index in [1.165, 1.54) is 4.88 Å². The lowest BCUT2D eigenvalue weighted by atomic mass is 9.72. The van der Waals surface area contributed by atoms with Gasteiger partial charge in [0.15, 0.2) is 0 Å². The molecule has 1 N–H and O–H groups in total. The van der Waals surface area contributed by atoms with Crippen molar-refractivity contribution in [2.24, 2.45) is 5.92 Å². The molecule has 4 heteroatoms. The van der Waals surface area contributed by atoms with Crippen LogP contribution in [0.5, 0.6) is 0 Å². The van der Waals surface area contributed by atoms with Crippen LogP contribution in [0.3, 0.4) is 0 Å². The van der Waals surface area contributed by atoms with E-state index in [1.807, 2.05) is 18.4 Å². The minimum atomic E-state index is -0.731. The highest BCUT2D eigenvalue weighted by atomic mass is 32.1. The molecule has 1 unspecified atom stereocenters. The molecule has 0 amide bonds. The summed E-state index contributed by atoms with van der Waals surface area (Å²) < 4.78 is 5.28. The van der Waals surface area contributed by atoms with Gasteiger partial charge in [0.2, 0.25) is 0 Å². The van der Waals surface area contributed by atoms with Crippen molar-refractivity contribution in [2.75, 3.05) is 13.2 Å². The van der Waals surface area contributed by atoms with E-state index < -0.39 is 5.97 Å². The third-order valence-corrected chi connectivity index (χ3v) is 4.25. The van der Waals surface area contributed by atoms with Gasteiger partial charge in [-0.3, -0.25) is 4.79 Å². The van der Waals surface area contributed by atoms with Crippen LogP contribution in [0.1, 0.15) is 18.2 Å². The van der Waals surface area contributed by atoms with Gasteiger partial charge in [-0.25, -0.2) is 0 Å². The molecule has 82 valence electrons. The summed E-state index contributed by atoms with van der Waals surface area (Å²) in [6.07, 6.45) is 0.210. The first-order valence-corrected chi connectivity index (χ1v) is 5.86. The van der Waals surface area contributed by atoms with Crippen LogP contribution < -0.4 is 0 Å². The quantitative estimate of drug-likeness (QED) is 0.855. The fourth-order valence-corrected chi connectivity index (χ4v) is 3.03. The third kappa shape index (κ3) is 1.79. The van der Waals surface area contributed by atoms with Crippen LogP contribution in [-0.2, 0) is 14.9 Å². The highest BCUT2D eigenvalue weighted by Gasteiger charge is 2.46. The molecule has 0 bridgehead atoms. The Bertz CT molecular complexity index is 341. The Labute approximate surface area is 92.7 Å². The van der Waals surface area contributed by atoms with Crippen molar-refractivity contribution in [3.05, 3.63) is 22.4 Å². The van der Waals surface area contributed by atoms with Gasteiger partial charge in [-0.1, -0.05) is 13.0 Å². The molecule has 0 radical (unpaired) electrons. The zero-order valence-corrected chi connectivity index (χ0v) is 9.42. The van der Waals surface area contributed by atoms with Crippen molar-refractivity contribution in [3.63, 3.8) is 0 Å². The van der Waals surface area contributed by atoms with E-state index in [2.05, 4.69) is 6.07 Å². The highest BCUT2D eigenvalue weighted by molar-refractivity contribution is 7.10. The summed E-state index contributed by atoms with van der Waals surface area (Å²) in [6, 6.07) is 4.08. The zero-order chi connectivity index (χ0) is 10.9. The van der Waals surface area contributed by atoms with Gasteiger partial charge >= 0.3 is 5.97 Å². The fraction of sp³-hybridized carbons (Fsp3) is 0.545. The number of hydrogen-bond acceptors (Lipinski definition) is 3. The first-order valence-electron chi connectivity index (χ1n) is 4.99. The SMILES string of the molecule is CC(CC(=O)O)C1(c2cccs2)COC1. The van der Waals surface area contributed by atoms with E-state index in [4.69, 9.17) is 9.84 Å². The molecular formula is C11H14O3S. The molecule has 1 atom stereocenters. The van der Waals surface area contributed by atoms with Crippen LogP contribution in [0.15, 0.2) is 17.5 Å². The molecule has 1 aliphatic heterocycles. The van der Waals surface area contributed by atoms with E-state index in [1.54, 1.807) is 11.3 Å². The van der Waals surface area contributed by atoms with Crippen LogP contribution in [0.25, 0.3) is 0 Å². The second kappa shape index (κ2) is 3.94. The zero-order valence-electron chi connectivity index (χ0n) is 8.60. The molecule has 1 aromatic heterocycles. The molecule has 2 rings (SSSR count). The van der Waals surface area contributed by atoms with Crippen LogP contribution >= 0.6 is 11.3 Å². The minimum absolute atomic E-state index is 0.0491. The number of hydrogen-bond donors (Lipinski definition) is 1. The van der Waals surface area contributed by atoms with Crippen molar-refractivity contribution in [1.29, 1.82) is 0 Å². The van der Waals surface area contributed by atoms with Gasteiger partial charge in [0.05, 0.1) is 18.6 Å². The summed E-state index contributed by atoms with van der Waals surface area (Å²) in [6.45, 7) is 3.31. The molecule has 0 aromatic carbocycles. The molecule has 0 aliphatic carbocycles. The van der Waals surface area contributed by atoms with Crippen molar-refractivity contribution < 1.29 is 14.6 Å². The van der Waals surface area contributed by atoms with Crippen LogP contribution in [0.4, 0.5) is 0 Å². The first kappa shape index (κ1) is 10.6. The smallest absolute Gasteiger partial charge is 0.303 e. The number of rotatable bonds is 4. The van der Waals surface area contributed by atoms with Gasteiger partial charge < -0.3 is 9.84 Å². The van der Waals surface area contributed by atoms with E-state index in [9.17, 15) is 4.79 Å². The lowest BCUT2D eigenvalue weighted by Gasteiger charge is -2.45. The Morgan fingerprint density at radius 2 is 2.47 bits per heavy atom. The predicted molar refractivity (Wildman–Crippen MR) is 58.2 cm³/mol. The van der Waals surface area contributed by atoms with E-state index in [0.29, 0.717) is 13.2 Å². The molecule has 1 fully saturated rings. The lowest BCUT2D eigenvalue weighted by Crippen LogP contribution is -2.51. The Balaban J connectivity index is 2.18. The van der Waals surface area contributed by atoms with Gasteiger partial charge in [0.25, 0.3) is 0 Å². The van der Waals surface area contributed by atoms with E-state index >= 15 is 0 Å². The molecule has 2 heterocycles. The summed E-state index contributed by atoms with van der Waals surface area (Å²) in [5.74, 6) is -0.604. The molecule has 0 spiro atoms. The van der Waals surface area contributed by atoms with Crippen LogP contribution in [-0.4, -0.2) is 24.3 Å². The largest absolute Gasteiger partial charge is 0.481 e. The predicted octanol–water partition coefficient (Wildman–Crippen LogP) is 2.13. The minimum Gasteiger partial charge on any atom is -0.481 e. The number of thiophene rings is 1. The number of aliphatic carboxylic acids is 1. The fourth-order valence-electron chi connectivity index (χ4n) is 2.01. The standard InChI is InChI=1S/C11H14O3S/c1-8(5-10(12)13)11(6-14-7-11)9-3-2-4-15-9/h2-4,8H,5-7H2,1H3,(H,12,13). The average Bonchev–Trinajstić information content (AvgIpc) is 2.53. The van der Waals surface area contributed by atoms with E-state index in [-0.39, 0.29) is 17.8 Å². The molecule has 15 heavy (non-hydrogen) atoms. The van der Waals surface area contributed by atoms with Gasteiger partial charge in [-0.15, -0.1) is 11.3 Å². The Hall–Kier alpha value is -0.870. The summed E-state index contributed by atoms with van der Waals surface area (Å²) in [7, 11) is 0. The maximum absolute atomic E-state index is 10.7. The molecule has 1 aromatic rings. The topological polar surface area (TPSA) is 46.5 Å². The monoisotopic (exact) mass is 226 g/mol. The number of ether oxygens (including phenoxy) is 1. The second-order valence-corrected chi connectivity index (χ2v) is 5.07. The van der Waals surface area contributed by atoms with Gasteiger partial charge in [-0.05, 0) is 17.4 Å². The Morgan fingerprint density at radius 1 is 1.73 bits per heavy atom.